The van der Waals surface area contributed by atoms with E-state index in [2.05, 4.69) is 0 Å². The van der Waals surface area contributed by atoms with Crippen LogP contribution in [0.4, 0.5) is 0 Å². The minimum absolute atomic E-state index is 0. The van der Waals surface area contributed by atoms with E-state index in [1.165, 1.54) is 0 Å². The largest absolute Gasteiger partial charge is 2.00 e. The summed E-state index contributed by atoms with van der Waals surface area (Å²) in [5.41, 5.74) is 0. The predicted molar refractivity (Wildman–Crippen MR) is 14.9 cm³/mol. The summed E-state index contributed by atoms with van der Waals surface area (Å²) in [6.45, 7) is 0. The van der Waals surface area contributed by atoms with Crippen molar-refractivity contribution in [3.63, 3.8) is 0 Å². The second-order valence-corrected chi connectivity index (χ2v) is 1.34. The van der Waals surface area contributed by atoms with Crippen LogP contribution in [0.2, 0.25) is 0 Å². The van der Waals surface area contributed by atoms with Crippen LogP contribution in [0.15, 0.2) is 0 Å². The molecular formula is H2MnO5S. The fraction of sp³-hybridized carbons (Fsp3) is 0. The summed E-state index contributed by atoms with van der Waals surface area (Å²) in [7, 11) is -4.67. The quantitative estimate of drug-likeness (QED) is 0.366. The van der Waals surface area contributed by atoms with Crippen molar-refractivity contribution in [3.8, 4) is 0 Å². The van der Waals surface area contributed by atoms with Gasteiger partial charge in [0.15, 0.2) is 0 Å². The number of hydrogen-bond acceptors (Lipinski definition) is 2. The second-order valence-electron chi connectivity index (χ2n) is 0.448. The Morgan fingerprint density at radius 2 is 1.14 bits per heavy atom. The van der Waals surface area contributed by atoms with Crippen molar-refractivity contribution in [2.24, 2.45) is 0 Å². The summed E-state index contributed by atoms with van der Waals surface area (Å²) in [6.07, 6.45) is 0. The standard InChI is InChI=1S/Mn.H2O4S.O/c;1-5(2,3)4;/h;(H2,1,2,3,4);/q+2;;-2. The van der Waals surface area contributed by atoms with E-state index in [4.69, 9.17) is 17.5 Å². The SMILES string of the molecule is O=S(=O)(O)O.[Mn+2].[O-2]. The minimum atomic E-state index is -4.67. The molecule has 45 valence electrons. The zero-order chi connectivity index (χ0) is 4.50. The third kappa shape index (κ3) is 983. The minimum Gasteiger partial charge on any atom is -2.00 e. The molecule has 0 aliphatic heterocycles. The summed E-state index contributed by atoms with van der Waals surface area (Å²) in [5.74, 6) is 0. The van der Waals surface area contributed by atoms with Gasteiger partial charge in [-0.05, 0) is 0 Å². The van der Waals surface area contributed by atoms with Gasteiger partial charge in [0.05, 0.1) is 0 Å². The van der Waals surface area contributed by atoms with E-state index in [0.717, 1.165) is 0 Å². The van der Waals surface area contributed by atoms with Gasteiger partial charge in [0.1, 0.15) is 0 Å². The van der Waals surface area contributed by atoms with E-state index in [-0.39, 0.29) is 22.5 Å². The molecule has 0 atom stereocenters. The van der Waals surface area contributed by atoms with Gasteiger partial charge in [0, 0.05) is 0 Å². The van der Waals surface area contributed by atoms with Gasteiger partial charge in [-0.1, -0.05) is 0 Å². The van der Waals surface area contributed by atoms with Crippen LogP contribution in [0, 0.1) is 0 Å². The first-order valence-corrected chi connectivity index (χ1v) is 2.10. The molecule has 0 aliphatic carbocycles. The Balaban J connectivity index is -0.0000000800. The topological polar surface area (TPSA) is 103 Å². The van der Waals surface area contributed by atoms with E-state index in [0.29, 0.717) is 0 Å². The molecule has 7 heavy (non-hydrogen) atoms. The first-order valence-electron chi connectivity index (χ1n) is 0.698. The maximum Gasteiger partial charge on any atom is 2.00 e. The first-order chi connectivity index (χ1) is 2.00. The maximum absolute atomic E-state index is 8.74. The van der Waals surface area contributed by atoms with Crippen LogP contribution in [0.3, 0.4) is 0 Å². The molecule has 0 unspecified atom stereocenters. The molecule has 1 radical (unpaired) electrons. The molecule has 7 heteroatoms. The van der Waals surface area contributed by atoms with Crippen LogP contribution in [0.5, 0.6) is 0 Å². The molecule has 0 bridgehead atoms. The zero-order valence-corrected chi connectivity index (χ0v) is 4.90. The van der Waals surface area contributed by atoms with Gasteiger partial charge in [-0.15, -0.1) is 0 Å². The summed E-state index contributed by atoms with van der Waals surface area (Å²) >= 11 is 0. The van der Waals surface area contributed by atoms with E-state index in [1.54, 1.807) is 0 Å². The van der Waals surface area contributed by atoms with Gasteiger partial charge >= 0.3 is 27.5 Å². The van der Waals surface area contributed by atoms with Crippen LogP contribution in [0.1, 0.15) is 0 Å². The summed E-state index contributed by atoms with van der Waals surface area (Å²) in [5, 5.41) is 0. The zero-order valence-electron chi connectivity index (χ0n) is 2.91. The van der Waals surface area contributed by atoms with Crippen LogP contribution in [-0.4, -0.2) is 17.5 Å². The maximum atomic E-state index is 8.74. The predicted octanol–water partition coefficient (Wildman–Crippen LogP) is -0.774. The molecule has 0 amide bonds. The van der Waals surface area contributed by atoms with Crippen molar-refractivity contribution in [2.75, 3.05) is 0 Å². The summed E-state index contributed by atoms with van der Waals surface area (Å²) in [4.78, 5) is 0. The van der Waals surface area contributed by atoms with Gasteiger partial charge in [-0.2, -0.15) is 8.42 Å². The molecule has 0 saturated heterocycles. The Bertz CT molecular complexity index is 91.2. The molecule has 0 rings (SSSR count). The van der Waals surface area contributed by atoms with Gasteiger partial charge in [0.2, 0.25) is 0 Å². The van der Waals surface area contributed by atoms with E-state index < -0.39 is 10.4 Å². The molecule has 0 aromatic rings. The summed E-state index contributed by atoms with van der Waals surface area (Å²) in [6, 6.07) is 0. The molecule has 5 nitrogen and oxygen atoms in total. The average Bonchev–Trinajstić information content (AvgIpc) is 0.722. The Morgan fingerprint density at radius 1 is 1.14 bits per heavy atom. The van der Waals surface area contributed by atoms with Crippen LogP contribution in [0.25, 0.3) is 0 Å². The second kappa shape index (κ2) is 4.51. The molecule has 0 aliphatic rings. The fourth-order valence-electron chi connectivity index (χ4n) is 0. The molecule has 0 aromatic carbocycles. The van der Waals surface area contributed by atoms with Crippen molar-refractivity contribution < 1.29 is 40.1 Å². The molecule has 0 heterocycles. The number of hydrogen-bond donors (Lipinski definition) is 2. The van der Waals surface area contributed by atoms with Crippen molar-refractivity contribution in [1.29, 1.82) is 0 Å². The third-order valence-corrected chi connectivity index (χ3v) is 0. The molecular weight excluding hydrogens is 167 g/mol. The van der Waals surface area contributed by atoms with Crippen LogP contribution >= 0.6 is 0 Å². The smallest absolute Gasteiger partial charge is 2.00 e. The first kappa shape index (κ1) is 15.7. The van der Waals surface area contributed by atoms with Gasteiger partial charge in [0.25, 0.3) is 0 Å². The monoisotopic (exact) mass is 169 g/mol. The average molecular weight is 169 g/mol. The van der Waals surface area contributed by atoms with Gasteiger partial charge < -0.3 is 5.48 Å². The Morgan fingerprint density at radius 3 is 1.14 bits per heavy atom. The molecule has 0 fully saturated rings. The molecule has 0 aromatic heterocycles. The van der Waals surface area contributed by atoms with Crippen molar-refractivity contribution in [3.05, 3.63) is 0 Å². The van der Waals surface area contributed by atoms with E-state index in [1.807, 2.05) is 0 Å². The van der Waals surface area contributed by atoms with E-state index >= 15 is 0 Å². The molecule has 0 saturated carbocycles. The fourth-order valence-corrected chi connectivity index (χ4v) is 0. The van der Waals surface area contributed by atoms with Gasteiger partial charge in [-0.3, -0.25) is 9.11 Å². The van der Waals surface area contributed by atoms with Gasteiger partial charge in [-0.25, -0.2) is 0 Å². The van der Waals surface area contributed by atoms with Crippen molar-refractivity contribution in [2.45, 2.75) is 0 Å². The van der Waals surface area contributed by atoms with Crippen LogP contribution < -0.4 is 0 Å². The van der Waals surface area contributed by atoms with Crippen molar-refractivity contribution in [1.82, 2.24) is 0 Å². The van der Waals surface area contributed by atoms with Crippen LogP contribution in [-0.2, 0) is 32.9 Å². The number of rotatable bonds is 0. The molecule has 0 spiro atoms. The summed E-state index contributed by atoms with van der Waals surface area (Å²) < 4.78 is 31.6. The van der Waals surface area contributed by atoms with E-state index in [9.17, 15) is 0 Å². The van der Waals surface area contributed by atoms with Crippen molar-refractivity contribution >= 4 is 10.4 Å². The normalized spacial score (nSPS) is 8.29. The molecule has 2 N–H and O–H groups in total. The third-order valence-electron chi connectivity index (χ3n) is 0. The Hall–Kier alpha value is 0.349. The Kier molecular flexibility index (Phi) is 10.1. The Labute approximate surface area is 51.1 Å².